The summed E-state index contributed by atoms with van der Waals surface area (Å²) in [5.41, 5.74) is 3.64. The third-order valence-corrected chi connectivity index (χ3v) is 3.70. The highest BCUT2D eigenvalue weighted by atomic mass is 35.5. The van der Waals surface area contributed by atoms with Crippen LogP contribution in [0.5, 0.6) is 0 Å². The predicted octanol–water partition coefficient (Wildman–Crippen LogP) is 4.28. The minimum absolute atomic E-state index is 0.656. The highest BCUT2D eigenvalue weighted by molar-refractivity contribution is 6.30. The van der Waals surface area contributed by atoms with Crippen LogP contribution in [0.2, 0.25) is 5.02 Å². The van der Waals surface area contributed by atoms with Crippen molar-refractivity contribution in [1.29, 1.82) is 0 Å². The van der Waals surface area contributed by atoms with Crippen LogP contribution in [0.4, 0.5) is 0 Å². The van der Waals surface area contributed by atoms with E-state index < -0.39 is 6.10 Å². The van der Waals surface area contributed by atoms with E-state index in [2.05, 4.69) is 4.98 Å². The number of aliphatic hydroxyl groups is 1. The second-order valence-corrected chi connectivity index (χ2v) is 5.30. The minimum atomic E-state index is -0.656. The number of benzene rings is 2. The molecule has 1 N–H and O–H groups in total. The van der Waals surface area contributed by atoms with Crippen molar-refractivity contribution in [3.8, 4) is 0 Å². The molecule has 0 bridgehead atoms. The van der Waals surface area contributed by atoms with Crippen LogP contribution in [-0.2, 0) is 0 Å². The Morgan fingerprint density at radius 1 is 1.10 bits per heavy atom. The molecule has 0 aliphatic carbocycles. The van der Waals surface area contributed by atoms with Gasteiger partial charge in [-0.15, -0.1) is 0 Å². The van der Waals surface area contributed by atoms with Crippen LogP contribution in [0, 0.1) is 6.92 Å². The number of pyridine rings is 1. The predicted molar refractivity (Wildman–Crippen MR) is 82.0 cm³/mol. The number of aryl methyl sites for hydroxylation is 1. The molecule has 1 atom stereocenters. The van der Waals surface area contributed by atoms with Gasteiger partial charge >= 0.3 is 0 Å². The summed E-state index contributed by atoms with van der Waals surface area (Å²) in [7, 11) is 0. The molecule has 0 saturated heterocycles. The normalized spacial score (nSPS) is 12.6. The fourth-order valence-corrected chi connectivity index (χ4v) is 2.62. The summed E-state index contributed by atoms with van der Waals surface area (Å²) in [5, 5.41) is 12.3. The zero-order valence-electron chi connectivity index (χ0n) is 11.0. The van der Waals surface area contributed by atoms with Crippen molar-refractivity contribution in [3.63, 3.8) is 0 Å². The number of aliphatic hydroxyl groups excluding tert-OH is 1. The summed E-state index contributed by atoms with van der Waals surface area (Å²) in [6, 6.07) is 15.2. The van der Waals surface area contributed by atoms with Crippen LogP contribution in [0.15, 0.2) is 54.7 Å². The number of nitrogens with zero attached hydrogens (tertiary/aromatic N) is 1. The second kappa shape index (κ2) is 5.23. The molecule has 0 amide bonds. The van der Waals surface area contributed by atoms with Crippen LogP contribution in [0.25, 0.3) is 10.9 Å². The first kappa shape index (κ1) is 13.1. The summed E-state index contributed by atoms with van der Waals surface area (Å²) >= 11 is 5.96. The Hall–Kier alpha value is -1.90. The molecular formula is C17H14ClNO. The Kier molecular flexibility index (Phi) is 3.43. The van der Waals surface area contributed by atoms with E-state index in [1.165, 1.54) is 0 Å². The van der Waals surface area contributed by atoms with Gasteiger partial charge in [-0.2, -0.15) is 0 Å². The fourth-order valence-electron chi connectivity index (χ4n) is 2.39. The lowest BCUT2D eigenvalue weighted by Crippen LogP contribution is -2.02. The van der Waals surface area contributed by atoms with Gasteiger partial charge in [-0.1, -0.05) is 29.8 Å². The molecule has 3 aromatic rings. The average Bonchev–Trinajstić information content (AvgIpc) is 2.46. The molecule has 1 aromatic heterocycles. The van der Waals surface area contributed by atoms with Gasteiger partial charge in [-0.25, -0.2) is 0 Å². The van der Waals surface area contributed by atoms with Gasteiger partial charge < -0.3 is 5.11 Å². The van der Waals surface area contributed by atoms with Crippen molar-refractivity contribution in [2.75, 3.05) is 0 Å². The Balaban J connectivity index is 2.05. The molecule has 0 saturated carbocycles. The third-order valence-electron chi connectivity index (χ3n) is 3.47. The Morgan fingerprint density at radius 2 is 1.95 bits per heavy atom. The van der Waals surface area contributed by atoms with Gasteiger partial charge in [-0.3, -0.25) is 4.98 Å². The van der Waals surface area contributed by atoms with Gasteiger partial charge in [-0.05, 0) is 53.9 Å². The number of hydrogen-bond donors (Lipinski definition) is 1. The zero-order chi connectivity index (χ0) is 14.1. The van der Waals surface area contributed by atoms with Gasteiger partial charge in [0, 0.05) is 16.6 Å². The Morgan fingerprint density at radius 3 is 2.75 bits per heavy atom. The van der Waals surface area contributed by atoms with Crippen LogP contribution >= 0.6 is 11.6 Å². The van der Waals surface area contributed by atoms with E-state index in [1.54, 1.807) is 12.3 Å². The van der Waals surface area contributed by atoms with E-state index >= 15 is 0 Å². The monoisotopic (exact) mass is 283 g/mol. The van der Waals surface area contributed by atoms with Crippen molar-refractivity contribution in [3.05, 3.63) is 76.4 Å². The molecule has 2 nitrogen and oxygen atoms in total. The first-order valence-electron chi connectivity index (χ1n) is 6.44. The minimum Gasteiger partial charge on any atom is -0.384 e. The smallest absolute Gasteiger partial charge is 0.104 e. The topological polar surface area (TPSA) is 33.1 Å². The van der Waals surface area contributed by atoms with E-state index in [9.17, 15) is 5.11 Å². The van der Waals surface area contributed by atoms with E-state index in [0.29, 0.717) is 5.02 Å². The standard InChI is InChI=1S/C17H14ClNO/c1-11-9-14(18)5-6-15(11)17(20)13-4-7-16-12(10-13)3-2-8-19-16/h2-10,17,20H,1H3. The average molecular weight is 284 g/mol. The summed E-state index contributed by atoms with van der Waals surface area (Å²) in [5.74, 6) is 0. The summed E-state index contributed by atoms with van der Waals surface area (Å²) in [4.78, 5) is 4.28. The maximum Gasteiger partial charge on any atom is 0.104 e. The third kappa shape index (κ3) is 2.40. The van der Waals surface area contributed by atoms with E-state index in [1.807, 2.05) is 49.4 Å². The summed E-state index contributed by atoms with van der Waals surface area (Å²) in [6.45, 7) is 1.95. The number of hydrogen-bond acceptors (Lipinski definition) is 2. The van der Waals surface area contributed by atoms with Crippen molar-refractivity contribution in [1.82, 2.24) is 4.98 Å². The molecule has 20 heavy (non-hydrogen) atoms. The van der Waals surface area contributed by atoms with Crippen molar-refractivity contribution >= 4 is 22.5 Å². The number of halogens is 1. The van der Waals surface area contributed by atoms with Crippen molar-refractivity contribution < 1.29 is 5.11 Å². The summed E-state index contributed by atoms with van der Waals surface area (Å²) in [6.07, 6.45) is 1.11. The Bertz CT molecular complexity index is 770. The van der Waals surface area contributed by atoms with E-state index in [0.717, 1.165) is 27.6 Å². The number of aromatic nitrogens is 1. The molecule has 0 aliphatic rings. The van der Waals surface area contributed by atoms with Gasteiger partial charge in [0.2, 0.25) is 0 Å². The van der Waals surface area contributed by atoms with Gasteiger partial charge in [0.15, 0.2) is 0 Å². The quantitative estimate of drug-likeness (QED) is 0.761. The lowest BCUT2D eigenvalue weighted by atomic mass is 9.96. The van der Waals surface area contributed by atoms with E-state index in [-0.39, 0.29) is 0 Å². The van der Waals surface area contributed by atoms with E-state index in [4.69, 9.17) is 11.6 Å². The zero-order valence-corrected chi connectivity index (χ0v) is 11.8. The lowest BCUT2D eigenvalue weighted by Gasteiger charge is -2.15. The molecule has 2 aromatic carbocycles. The first-order chi connectivity index (χ1) is 9.65. The van der Waals surface area contributed by atoms with Crippen LogP contribution in [0.3, 0.4) is 0 Å². The van der Waals surface area contributed by atoms with Crippen LogP contribution in [-0.4, -0.2) is 10.1 Å². The molecule has 100 valence electrons. The highest BCUT2D eigenvalue weighted by Gasteiger charge is 2.13. The van der Waals surface area contributed by atoms with Gasteiger partial charge in [0.25, 0.3) is 0 Å². The molecule has 0 spiro atoms. The second-order valence-electron chi connectivity index (χ2n) is 4.86. The molecule has 1 unspecified atom stereocenters. The summed E-state index contributed by atoms with van der Waals surface area (Å²) < 4.78 is 0. The maximum absolute atomic E-state index is 10.6. The largest absolute Gasteiger partial charge is 0.384 e. The van der Waals surface area contributed by atoms with Gasteiger partial charge in [0.1, 0.15) is 6.10 Å². The molecular weight excluding hydrogens is 270 g/mol. The molecule has 1 heterocycles. The van der Waals surface area contributed by atoms with Gasteiger partial charge in [0.05, 0.1) is 5.52 Å². The molecule has 0 fully saturated rings. The molecule has 3 heteroatoms. The lowest BCUT2D eigenvalue weighted by molar-refractivity contribution is 0.219. The van der Waals surface area contributed by atoms with Crippen LogP contribution in [0.1, 0.15) is 22.8 Å². The van der Waals surface area contributed by atoms with Crippen molar-refractivity contribution in [2.45, 2.75) is 13.0 Å². The van der Waals surface area contributed by atoms with Crippen molar-refractivity contribution in [2.24, 2.45) is 0 Å². The molecule has 0 radical (unpaired) electrons. The first-order valence-corrected chi connectivity index (χ1v) is 6.82. The molecule has 3 rings (SSSR count). The number of fused-ring (bicyclic) bond motifs is 1. The van der Waals surface area contributed by atoms with Crippen LogP contribution < -0.4 is 0 Å². The highest BCUT2D eigenvalue weighted by Crippen LogP contribution is 2.28. The SMILES string of the molecule is Cc1cc(Cl)ccc1C(O)c1ccc2ncccc2c1. The Labute approximate surface area is 122 Å². The fraction of sp³-hybridized carbons (Fsp3) is 0.118. The molecule has 0 aliphatic heterocycles. The number of rotatable bonds is 2. The maximum atomic E-state index is 10.6.